The van der Waals surface area contributed by atoms with E-state index in [-0.39, 0.29) is 6.04 Å². The van der Waals surface area contributed by atoms with Crippen LogP contribution in [0, 0.1) is 0 Å². The fourth-order valence-electron chi connectivity index (χ4n) is 4.89. The maximum atomic E-state index is 11.9. The smallest absolute Gasteiger partial charge is 0.407 e. The number of amides is 1. The van der Waals surface area contributed by atoms with Crippen LogP contribution in [0.25, 0.3) is 0 Å². The lowest BCUT2D eigenvalue weighted by Gasteiger charge is -2.39. The van der Waals surface area contributed by atoms with Crippen LogP contribution in [-0.4, -0.2) is 50.8 Å². The predicted octanol–water partition coefficient (Wildman–Crippen LogP) is 4.80. The average molecular weight is 445 g/mol. The molecule has 1 fully saturated rings. The zero-order valence-corrected chi connectivity index (χ0v) is 18.8. The molecule has 3 atom stereocenters. The first kappa shape index (κ1) is 23.0. The van der Waals surface area contributed by atoms with Crippen LogP contribution in [0.5, 0.6) is 0 Å². The van der Waals surface area contributed by atoms with Crippen molar-refractivity contribution in [3.05, 3.63) is 108 Å². The number of hydrogen-bond acceptors (Lipinski definition) is 3. The first-order valence-corrected chi connectivity index (χ1v) is 11.7. The Kier molecular flexibility index (Phi) is 7.76. The van der Waals surface area contributed by atoms with Crippen molar-refractivity contribution >= 4 is 6.09 Å². The van der Waals surface area contributed by atoms with Gasteiger partial charge in [-0.15, -0.1) is 0 Å². The largest absolute Gasteiger partial charge is 0.465 e. The Balaban J connectivity index is 1.68. The average Bonchev–Trinajstić information content (AvgIpc) is 3.34. The molecule has 33 heavy (non-hydrogen) atoms. The van der Waals surface area contributed by atoms with E-state index >= 15 is 0 Å². The molecule has 3 unspecified atom stereocenters. The molecule has 0 aliphatic carbocycles. The van der Waals surface area contributed by atoms with Gasteiger partial charge in [0.05, 0.1) is 12.1 Å². The summed E-state index contributed by atoms with van der Waals surface area (Å²) in [6.07, 6.45) is 0.363. The minimum atomic E-state index is -0.951. The Labute approximate surface area is 195 Å². The number of aliphatic hydroxyl groups is 1. The van der Waals surface area contributed by atoms with Gasteiger partial charge < -0.3 is 15.1 Å². The molecule has 0 spiro atoms. The van der Waals surface area contributed by atoms with Gasteiger partial charge in [0.25, 0.3) is 0 Å². The van der Waals surface area contributed by atoms with Gasteiger partial charge in [0, 0.05) is 25.7 Å². The van der Waals surface area contributed by atoms with E-state index in [1.54, 1.807) is 0 Å². The van der Waals surface area contributed by atoms with Gasteiger partial charge in [-0.2, -0.15) is 0 Å². The van der Waals surface area contributed by atoms with Crippen molar-refractivity contribution in [2.24, 2.45) is 0 Å². The van der Waals surface area contributed by atoms with Gasteiger partial charge in [0.2, 0.25) is 0 Å². The van der Waals surface area contributed by atoms with Crippen molar-refractivity contribution in [2.45, 2.75) is 50.5 Å². The molecule has 1 aliphatic heterocycles. The van der Waals surface area contributed by atoms with E-state index < -0.39 is 18.2 Å². The lowest BCUT2D eigenvalue weighted by atomic mass is 9.92. The number of likely N-dealkylation sites (tertiary alicyclic amines) is 1. The number of carboxylic acid groups (broad SMARTS) is 1. The molecule has 1 saturated heterocycles. The van der Waals surface area contributed by atoms with Gasteiger partial charge in [-0.25, -0.2) is 4.79 Å². The number of aliphatic hydroxyl groups excluding tert-OH is 1. The molecule has 172 valence electrons. The van der Waals surface area contributed by atoms with Crippen molar-refractivity contribution in [3.8, 4) is 0 Å². The first-order valence-electron chi connectivity index (χ1n) is 11.7. The molecule has 0 aromatic heterocycles. The molecule has 5 heteroatoms. The Morgan fingerprint density at radius 2 is 1.33 bits per heavy atom. The lowest BCUT2D eigenvalue weighted by molar-refractivity contribution is -0.00695. The van der Waals surface area contributed by atoms with E-state index in [2.05, 4.69) is 41.3 Å². The van der Waals surface area contributed by atoms with Crippen LogP contribution >= 0.6 is 0 Å². The lowest BCUT2D eigenvalue weighted by Crippen LogP contribution is -2.53. The molecule has 1 aliphatic rings. The van der Waals surface area contributed by atoms with Crippen LogP contribution in [0.1, 0.15) is 29.5 Å². The normalized spacial score (nSPS) is 17.8. The maximum Gasteiger partial charge on any atom is 0.407 e. The van der Waals surface area contributed by atoms with E-state index in [9.17, 15) is 15.0 Å². The SMILES string of the molecule is O=C(O)N1CCCC1C(O)C(Cc1ccccc1)N(Cc1ccccc1)Cc1ccccc1. The van der Waals surface area contributed by atoms with Crippen LogP contribution < -0.4 is 0 Å². The molecule has 4 rings (SSSR count). The highest BCUT2D eigenvalue weighted by atomic mass is 16.4. The van der Waals surface area contributed by atoms with E-state index in [4.69, 9.17) is 0 Å². The molecule has 0 radical (unpaired) electrons. The van der Waals surface area contributed by atoms with Crippen LogP contribution in [0.15, 0.2) is 91.0 Å². The van der Waals surface area contributed by atoms with Gasteiger partial charge in [0.1, 0.15) is 0 Å². The summed E-state index contributed by atoms with van der Waals surface area (Å²) in [5, 5.41) is 21.4. The number of nitrogens with zero attached hydrogens (tertiary/aromatic N) is 2. The van der Waals surface area contributed by atoms with Crippen molar-refractivity contribution in [3.63, 3.8) is 0 Å². The summed E-state index contributed by atoms with van der Waals surface area (Å²) in [5.41, 5.74) is 3.47. The highest BCUT2D eigenvalue weighted by Gasteiger charge is 2.39. The number of benzene rings is 3. The molecule has 1 amide bonds. The Morgan fingerprint density at radius 3 is 1.82 bits per heavy atom. The van der Waals surface area contributed by atoms with Crippen LogP contribution in [0.3, 0.4) is 0 Å². The predicted molar refractivity (Wildman–Crippen MR) is 130 cm³/mol. The zero-order valence-electron chi connectivity index (χ0n) is 18.8. The fraction of sp³-hybridized carbons (Fsp3) is 0.321. The molecule has 3 aromatic rings. The summed E-state index contributed by atoms with van der Waals surface area (Å²) in [6.45, 7) is 1.82. The van der Waals surface area contributed by atoms with Gasteiger partial charge in [0.15, 0.2) is 0 Å². The van der Waals surface area contributed by atoms with E-state index in [0.29, 0.717) is 32.5 Å². The topological polar surface area (TPSA) is 64.0 Å². The monoisotopic (exact) mass is 444 g/mol. The molecular formula is C28H32N2O3. The van der Waals surface area contributed by atoms with E-state index in [1.165, 1.54) is 16.0 Å². The van der Waals surface area contributed by atoms with Crippen molar-refractivity contribution in [1.29, 1.82) is 0 Å². The first-order chi connectivity index (χ1) is 16.1. The molecule has 1 heterocycles. The maximum absolute atomic E-state index is 11.9. The molecule has 2 N–H and O–H groups in total. The third kappa shape index (κ3) is 6.01. The Morgan fingerprint density at radius 1 is 0.848 bits per heavy atom. The summed E-state index contributed by atoms with van der Waals surface area (Å²) >= 11 is 0. The van der Waals surface area contributed by atoms with E-state index in [1.807, 2.05) is 54.6 Å². The van der Waals surface area contributed by atoms with Crippen molar-refractivity contribution in [2.75, 3.05) is 6.54 Å². The van der Waals surface area contributed by atoms with Crippen molar-refractivity contribution < 1.29 is 15.0 Å². The summed E-state index contributed by atoms with van der Waals surface area (Å²) in [4.78, 5) is 15.6. The fourth-order valence-corrected chi connectivity index (χ4v) is 4.89. The van der Waals surface area contributed by atoms with Gasteiger partial charge >= 0.3 is 6.09 Å². The quantitative estimate of drug-likeness (QED) is 0.497. The van der Waals surface area contributed by atoms with E-state index in [0.717, 1.165) is 12.0 Å². The Hall–Kier alpha value is -3.15. The van der Waals surface area contributed by atoms with Crippen LogP contribution in [0.4, 0.5) is 4.79 Å². The minimum absolute atomic E-state index is 0.238. The summed E-state index contributed by atoms with van der Waals surface area (Å²) in [7, 11) is 0. The highest BCUT2D eigenvalue weighted by Crippen LogP contribution is 2.27. The number of carbonyl (C=O) groups is 1. The third-order valence-electron chi connectivity index (χ3n) is 6.55. The minimum Gasteiger partial charge on any atom is -0.465 e. The summed E-state index contributed by atoms with van der Waals surface area (Å²) in [5.74, 6) is 0. The van der Waals surface area contributed by atoms with Crippen LogP contribution in [-0.2, 0) is 19.5 Å². The molecule has 3 aromatic carbocycles. The standard InChI is InChI=1S/C28H32N2O3/c31-27(25-17-10-18-30(25)28(32)33)26(19-22-11-4-1-5-12-22)29(20-23-13-6-2-7-14-23)21-24-15-8-3-9-16-24/h1-9,11-16,25-27,31H,10,17-21H2,(H,32,33). The number of hydrogen-bond donors (Lipinski definition) is 2. The molecule has 0 bridgehead atoms. The number of rotatable bonds is 9. The van der Waals surface area contributed by atoms with Crippen molar-refractivity contribution in [1.82, 2.24) is 9.80 Å². The molecule has 0 saturated carbocycles. The van der Waals surface area contributed by atoms with Gasteiger partial charge in [-0.1, -0.05) is 91.0 Å². The molecular weight excluding hydrogens is 412 g/mol. The molecule has 5 nitrogen and oxygen atoms in total. The second-order valence-corrected chi connectivity index (χ2v) is 8.81. The summed E-state index contributed by atoms with van der Waals surface area (Å²) < 4.78 is 0. The third-order valence-corrected chi connectivity index (χ3v) is 6.55. The summed E-state index contributed by atoms with van der Waals surface area (Å²) in [6, 6.07) is 30.1. The van der Waals surface area contributed by atoms with Crippen LogP contribution in [0.2, 0.25) is 0 Å². The highest BCUT2D eigenvalue weighted by molar-refractivity contribution is 5.66. The van der Waals surface area contributed by atoms with Gasteiger partial charge in [-0.05, 0) is 36.0 Å². The second-order valence-electron chi connectivity index (χ2n) is 8.81. The Bertz CT molecular complexity index is 956. The second kappa shape index (κ2) is 11.1. The van der Waals surface area contributed by atoms with Gasteiger partial charge in [-0.3, -0.25) is 4.90 Å². The zero-order chi connectivity index (χ0) is 23.0.